The molecule has 0 aromatic heterocycles. The van der Waals surface area contributed by atoms with Gasteiger partial charge in [-0.05, 0) is 6.07 Å². The molecule has 1 aromatic rings. The second-order valence-electron chi connectivity index (χ2n) is 2.28. The third-order valence-corrected chi connectivity index (χ3v) is 1.36. The van der Waals surface area contributed by atoms with E-state index in [1.807, 2.05) is 0 Å². The maximum atomic E-state index is 12.9. The summed E-state index contributed by atoms with van der Waals surface area (Å²) < 4.78 is 12.9. The minimum atomic E-state index is -0.292. The average molecular weight is 167 g/mol. The van der Waals surface area contributed by atoms with Crippen LogP contribution in [0.4, 0.5) is 4.39 Å². The fraction of sp³-hybridized carbons (Fsp3) is 0.222. The molecule has 0 aliphatic rings. The van der Waals surface area contributed by atoms with E-state index < -0.39 is 0 Å². The van der Waals surface area contributed by atoms with Gasteiger partial charge in [0.25, 0.3) is 0 Å². The highest BCUT2D eigenvalue weighted by Gasteiger charge is 1.94. The lowest BCUT2D eigenvalue weighted by molar-refractivity contribution is 0.307. The molecule has 1 rings (SSSR count). The van der Waals surface area contributed by atoms with E-state index in [1.54, 1.807) is 18.2 Å². The Morgan fingerprint density at radius 3 is 2.83 bits per heavy atom. The van der Waals surface area contributed by atoms with Gasteiger partial charge in [-0.15, -0.1) is 0 Å². The molecule has 0 saturated carbocycles. The summed E-state index contributed by atoms with van der Waals surface area (Å²) in [5, 5.41) is 8.41. The van der Waals surface area contributed by atoms with Crippen LogP contribution in [0.1, 0.15) is 5.56 Å². The molecule has 3 heteroatoms. The summed E-state index contributed by atoms with van der Waals surface area (Å²) in [6, 6.07) is 6.37. The van der Waals surface area contributed by atoms with Crippen molar-refractivity contribution in [1.82, 2.24) is 0 Å². The van der Waals surface area contributed by atoms with Gasteiger partial charge in [0.15, 0.2) is 0 Å². The fourth-order valence-corrected chi connectivity index (χ4v) is 0.800. The fourth-order valence-electron chi connectivity index (χ4n) is 0.800. The maximum absolute atomic E-state index is 12.9. The lowest BCUT2D eigenvalue weighted by atomic mass is 10.2. The first-order valence-corrected chi connectivity index (χ1v) is 3.70. The van der Waals surface area contributed by atoms with Crippen LogP contribution in [0, 0.1) is 5.82 Å². The number of aliphatic hydroxyl groups excluding tert-OH is 1. The largest absolute Gasteiger partial charge is 0.394 e. The van der Waals surface area contributed by atoms with Crippen LogP contribution < -0.4 is 0 Å². The van der Waals surface area contributed by atoms with Crippen LogP contribution in [0.15, 0.2) is 29.3 Å². The van der Waals surface area contributed by atoms with Crippen molar-refractivity contribution in [2.45, 2.75) is 0 Å². The molecule has 0 aliphatic carbocycles. The molecule has 0 atom stereocenters. The van der Waals surface area contributed by atoms with Gasteiger partial charge >= 0.3 is 0 Å². The van der Waals surface area contributed by atoms with E-state index in [4.69, 9.17) is 5.11 Å². The first-order chi connectivity index (χ1) is 5.84. The number of aliphatic imine (C=N–C) groups is 1. The highest BCUT2D eigenvalue weighted by atomic mass is 19.1. The minimum absolute atomic E-state index is 0.00898. The van der Waals surface area contributed by atoms with Crippen LogP contribution in [-0.4, -0.2) is 24.5 Å². The number of rotatable bonds is 3. The number of halogens is 1. The number of aliphatic hydroxyl groups is 1. The summed E-state index contributed by atoms with van der Waals surface area (Å²) in [7, 11) is 0. The zero-order valence-electron chi connectivity index (χ0n) is 6.57. The van der Waals surface area contributed by atoms with Crippen molar-refractivity contribution in [3.8, 4) is 0 Å². The smallest absolute Gasteiger partial charge is 0.131 e. The van der Waals surface area contributed by atoms with Crippen LogP contribution in [0.3, 0.4) is 0 Å². The van der Waals surface area contributed by atoms with Gasteiger partial charge in [-0.3, -0.25) is 4.99 Å². The van der Waals surface area contributed by atoms with Crippen molar-refractivity contribution in [2.75, 3.05) is 13.2 Å². The van der Waals surface area contributed by atoms with Crippen LogP contribution in [0.2, 0.25) is 0 Å². The lowest BCUT2D eigenvalue weighted by Crippen LogP contribution is -1.91. The predicted molar refractivity (Wildman–Crippen MR) is 45.9 cm³/mol. The summed E-state index contributed by atoms with van der Waals surface area (Å²) in [6.07, 6.45) is 1.42. The van der Waals surface area contributed by atoms with Gasteiger partial charge < -0.3 is 5.11 Å². The molecule has 1 aromatic carbocycles. The first-order valence-electron chi connectivity index (χ1n) is 3.70. The molecule has 0 fully saturated rings. The molecule has 1 N–H and O–H groups in total. The Labute approximate surface area is 70.4 Å². The molecule has 64 valence electrons. The van der Waals surface area contributed by atoms with Crippen molar-refractivity contribution in [3.63, 3.8) is 0 Å². The molecule has 0 aliphatic heterocycles. The molecule has 0 bridgehead atoms. The van der Waals surface area contributed by atoms with E-state index in [0.717, 1.165) is 0 Å². The molecular weight excluding hydrogens is 157 g/mol. The second-order valence-corrected chi connectivity index (χ2v) is 2.28. The average Bonchev–Trinajstić information content (AvgIpc) is 2.09. The van der Waals surface area contributed by atoms with Gasteiger partial charge in [0, 0.05) is 11.8 Å². The van der Waals surface area contributed by atoms with Crippen molar-refractivity contribution < 1.29 is 9.50 Å². The number of hydrogen-bond donors (Lipinski definition) is 1. The van der Waals surface area contributed by atoms with Crippen molar-refractivity contribution in [2.24, 2.45) is 4.99 Å². The quantitative estimate of drug-likeness (QED) is 0.675. The number of benzene rings is 1. The Kier molecular flexibility index (Phi) is 3.41. The van der Waals surface area contributed by atoms with Crippen molar-refractivity contribution >= 4 is 6.21 Å². The lowest BCUT2D eigenvalue weighted by Gasteiger charge is -1.93. The Morgan fingerprint density at radius 1 is 1.42 bits per heavy atom. The Morgan fingerprint density at radius 2 is 2.17 bits per heavy atom. The Hall–Kier alpha value is -1.22. The third kappa shape index (κ3) is 2.43. The molecule has 0 spiro atoms. The van der Waals surface area contributed by atoms with E-state index >= 15 is 0 Å². The summed E-state index contributed by atoms with van der Waals surface area (Å²) in [4.78, 5) is 3.81. The summed E-state index contributed by atoms with van der Waals surface area (Å²) >= 11 is 0. The zero-order valence-corrected chi connectivity index (χ0v) is 6.57. The Balaban J connectivity index is 2.68. The summed E-state index contributed by atoms with van der Waals surface area (Å²) in [6.45, 7) is 0.305. The van der Waals surface area contributed by atoms with Gasteiger partial charge in [0.2, 0.25) is 0 Å². The van der Waals surface area contributed by atoms with E-state index in [0.29, 0.717) is 12.1 Å². The highest BCUT2D eigenvalue weighted by Crippen LogP contribution is 2.02. The summed E-state index contributed by atoms with van der Waals surface area (Å²) in [5.41, 5.74) is 0.450. The van der Waals surface area contributed by atoms with Crippen molar-refractivity contribution in [1.29, 1.82) is 0 Å². The van der Waals surface area contributed by atoms with Gasteiger partial charge in [0.05, 0.1) is 13.2 Å². The second kappa shape index (κ2) is 4.62. The van der Waals surface area contributed by atoms with Crippen molar-refractivity contribution in [3.05, 3.63) is 35.6 Å². The number of nitrogens with zero attached hydrogens (tertiary/aromatic N) is 1. The van der Waals surface area contributed by atoms with Crippen LogP contribution in [0.5, 0.6) is 0 Å². The normalized spacial score (nSPS) is 10.8. The van der Waals surface area contributed by atoms with E-state index in [1.165, 1.54) is 12.3 Å². The van der Waals surface area contributed by atoms with Gasteiger partial charge in [-0.2, -0.15) is 0 Å². The van der Waals surface area contributed by atoms with Gasteiger partial charge in [-0.1, -0.05) is 18.2 Å². The molecule has 0 heterocycles. The predicted octanol–water partition coefficient (Wildman–Crippen LogP) is 1.24. The molecule has 0 radical (unpaired) electrons. The molecular formula is C9H10FNO. The standard InChI is InChI=1S/C9H10FNO/c10-9-4-2-1-3-8(9)7-11-5-6-12/h1-4,7,12H,5-6H2. The van der Waals surface area contributed by atoms with E-state index in [-0.39, 0.29) is 12.4 Å². The van der Waals surface area contributed by atoms with Crippen LogP contribution in [-0.2, 0) is 0 Å². The Bertz CT molecular complexity index is 273. The SMILES string of the molecule is OCCN=Cc1ccccc1F. The maximum Gasteiger partial charge on any atom is 0.131 e. The zero-order chi connectivity index (χ0) is 8.81. The molecule has 0 amide bonds. The monoisotopic (exact) mass is 167 g/mol. The van der Waals surface area contributed by atoms with Crippen LogP contribution in [0.25, 0.3) is 0 Å². The van der Waals surface area contributed by atoms with Gasteiger partial charge in [-0.25, -0.2) is 4.39 Å². The molecule has 2 nitrogen and oxygen atoms in total. The first kappa shape index (κ1) is 8.87. The highest BCUT2D eigenvalue weighted by molar-refractivity contribution is 5.79. The molecule has 0 saturated heterocycles. The number of hydrogen-bond acceptors (Lipinski definition) is 2. The van der Waals surface area contributed by atoms with Crippen LogP contribution >= 0.6 is 0 Å². The minimum Gasteiger partial charge on any atom is -0.394 e. The third-order valence-electron chi connectivity index (χ3n) is 1.36. The van der Waals surface area contributed by atoms with Gasteiger partial charge in [0.1, 0.15) is 5.82 Å². The molecule has 0 unspecified atom stereocenters. The van der Waals surface area contributed by atoms with E-state index in [2.05, 4.69) is 4.99 Å². The topological polar surface area (TPSA) is 32.6 Å². The molecule has 12 heavy (non-hydrogen) atoms. The summed E-state index contributed by atoms with van der Waals surface area (Å²) in [5.74, 6) is -0.292. The van der Waals surface area contributed by atoms with E-state index in [9.17, 15) is 4.39 Å².